The molecular weight excluding hydrogens is 302 g/mol. The Kier molecular flexibility index (Phi) is 4.44. The lowest BCUT2D eigenvalue weighted by Crippen LogP contribution is -2.45. The Morgan fingerprint density at radius 3 is 2.35 bits per heavy atom. The topological polar surface area (TPSA) is 114 Å². The summed E-state index contributed by atoms with van der Waals surface area (Å²) in [5.41, 5.74) is 5.67. The number of hydrogen-bond donors (Lipinski definition) is 1. The van der Waals surface area contributed by atoms with Crippen molar-refractivity contribution in [2.75, 3.05) is 75.1 Å². The molecule has 2 N–H and O–H groups in total. The molecule has 0 unspecified atom stereocenters. The van der Waals surface area contributed by atoms with Gasteiger partial charge in [0.15, 0.2) is 0 Å². The van der Waals surface area contributed by atoms with Gasteiger partial charge in [-0.3, -0.25) is 10.1 Å². The van der Waals surface area contributed by atoms with E-state index in [1.165, 1.54) is 0 Å². The van der Waals surface area contributed by atoms with Crippen molar-refractivity contribution in [2.24, 2.45) is 0 Å². The highest BCUT2D eigenvalue weighted by Gasteiger charge is 2.30. The summed E-state index contributed by atoms with van der Waals surface area (Å²) in [5, 5.41) is 11.4. The van der Waals surface area contributed by atoms with Gasteiger partial charge in [0, 0.05) is 39.3 Å². The van der Waals surface area contributed by atoms with Gasteiger partial charge in [0.2, 0.25) is 17.6 Å². The summed E-state index contributed by atoms with van der Waals surface area (Å²) in [6.07, 6.45) is 0. The summed E-state index contributed by atoms with van der Waals surface area (Å²) in [5.74, 6) is 0.669. The first-order valence-electron chi connectivity index (χ1n) is 7.64. The van der Waals surface area contributed by atoms with Gasteiger partial charge in [-0.15, -0.1) is 0 Å². The van der Waals surface area contributed by atoms with Gasteiger partial charge in [0.1, 0.15) is 0 Å². The van der Waals surface area contributed by atoms with Crippen molar-refractivity contribution in [3.63, 3.8) is 0 Å². The van der Waals surface area contributed by atoms with Crippen LogP contribution in [0.15, 0.2) is 0 Å². The first-order valence-corrected chi connectivity index (χ1v) is 7.64. The fourth-order valence-corrected chi connectivity index (χ4v) is 2.77. The molecule has 2 aliphatic rings. The highest BCUT2D eigenvalue weighted by Crippen LogP contribution is 2.33. The maximum absolute atomic E-state index is 11.4. The van der Waals surface area contributed by atoms with Gasteiger partial charge in [-0.25, -0.2) is 0 Å². The summed E-state index contributed by atoms with van der Waals surface area (Å²) >= 11 is 0. The third-order valence-corrected chi connectivity index (χ3v) is 4.16. The van der Waals surface area contributed by atoms with Crippen molar-refractivity contribution in [2.45, 2.75) is 0 Å². The number of ether oxygens (including phenoxy) is 1. The van der Waals surface area contributed by atoms with Gasteiger partial charge in [-0.1, -0.05) is 0 Å². The van der Waals surface area contributed by atoms with E-state index in [-0.39, 0.29) is 11.5 Å². The first-order chi connectivity index (χ1) is 11.1. The third-order valence-electron chi connectivity index (χ3n) is 4.16. The van der Waals surface area contributed by atoms with E-state index in [1.54, 1.807) is 0 Å². The summed E-state index contributed by atoms with van der Waals surface area (Å²) in [6.45, 7) is 5.49. The second-order valence-corrected chi connectivity index (χ2v) is 5.73. The Morgan fingerprint density at radius 1 is 1.09 bits per heavy atom. The largest absolute Gasteiger partial charge is 0.378 e. The number of nitrogen functional groups attached to an aromatic ring is 1. The number of rotatable bonds is 3. The minimum atomic E-state index is -0.494. The zero-order valence-corrected chi connectivity index (χ0v) is 13.1. The number of nitrogens with two attached hydrogens (primary N) is 1. The molecule has 0 aliphatic carbocycles. The fourth-order valence-electron chi connectivity index (χ4n) is 2.77. The molecule has 2 aliphatic heterocycles. The molecule has 10 heteroatoms. The van der Waals surface area contributed by atoms with E-state index in [0.29, 0.717) is 51.2 Å². The molecule has 0 bridgehead atoms. The molecule has 0 amide bonds. The predicted molar refractivity (Wildman–Crippen MR) is 85.8 cm³/mol. The van der Waals surface area contributed by atoms with E-state index < -0.39 is 4.92 Å². The molecule has 1 aromatic heterocycles. The number of nitrogens with zero attached hydrogens (tertiary/aromatic N) is 6. The molecule has 0 atom stereocenters. The van der Waals surface area contributed by atoms with Gasteiger partial charge in [0.05, 0.1) is 18.1 Å². The molecule has 126 valence electrons. The summed E-state index contributed by atoms with van der Waals surface area (Å²) < 4.78 is 5.32. The second kappa shape index (κ2) is 6.50. The van der Waals surface area contributed by atoms with Crippen LogP contribution in [-0.2, 0) is 4.74 Å². The molecule has 3 heterocycles. The van der Waals surface area contributed by atoms with Crippen LogP contribution in [0.4, 0.5) is 23.3 Å². The minimum Gasteiger partial charge on any atom is -0.378 e. The van der Waals surface area contributed by atoms with Gasteiger partial charge in [0.25, 0.3) is 0 Å². The van der Waals surface area contributed by atoms with Crippen LogP contribution in [0, 0.1) is 10.1 Å². The summed E-state index contributed by atoms with van der Waals surface area (Å²) in [6, 6.07) is 0. The zero-order chi connectivity index (χ0) is 16.4. The Morgan fingerprint density at radius 2 is 1.74 bits per heavy atom. The third kappa shape index (κ3) is 3.27. The van der Waals surface area contributed by atoms with Crippen LogP contribution in [0.5, 0.6) is 0 Å². The van der Waals surface area contributed by atoms with E-state index in [0.717, 1.165) is 13.1 Å². The first kappa shape index (κ1) is 15.7. The lowest BCUT2D eigenvalue weighted by molar-refractivity contribution is -0.383. The van der Waals surface area contributed by atoms with Crippen LogP contribution in [-0.4, -0.2) is 79.3 Å². The number of piperazine rings is 1. The van der Waals surface area contributed by atoms with E-state index in [2.05, 4.69) is 14.9 Å². The average Bonchev–Trinajstić information content (AvgIpc) is 2.55. The normalized spacial score (nSPS) is 19.9. The number of anilines is 3. The molecule has 0 spiro atoms. The molecule has 1 aromatic rings. The molecular formula is C13H21N7O3. The summed E-state index contributed by atoms with van der Waals surface area (Å²) in [4.78, 5) is 25.6. The van der Waals surface area contributed by atoms with Gasteiger partial charge in [-0.2, -0.15) is 9.97 Å². The predicted octanol–water partition coefficient (Wildman–Crippen LogP) is -0.445. The van der Waals surface area contributed by atoms with E-state index >= 15 is 0 Å². The quantitative estimate of drug-likeness (QED) is 0.583. The molecule has 23 heavy (non-hydrogen) atoms. The maximum Gasteiger partial charge on any atom is 0.353 e. The van der Waals surface area contributed by atoms with Crippen LogP contribution in [0.25, 0.3) is 0 Å². The second-order valence-electron chi connectivity index (χ2n) is 5.73. The van der Waals surface area contributed by atoms with E-state index in [1.807, 2.05) is 16.8 Å². The maximum atomic E-state index is 11.4. The van der Waals surface area contributed by atoms with Gasteiger partial charge >= 0.3 is 5.69 Å². The zero-order valence-electron chi connectivity index (χ0n) is 13.1. The van der Waals surface area contributed by atoms with Crippen molar-refractivity contribution in [3.8, 4) is 0 Å². The SMILES string of the molecule is CN1CCN(c2nc(N3CCOCC3)nc(N)c2[N+](=O)[O-])CC1. The molecule has 0 aromatic carbocycles. The highest BCUT2D eigenvalue weighted by molar-refractivity contribution is 5.71. The Hall–Kier alpha value is -2.20. The van der Waals surface area contributed by atoms with Crippen molar-refractivity contribution < 1.29 is 9.66 Å². The van der Waals surface area contributed by atoms with Crippen LogP contribution in [0.2, 0.25) is 0 Å². The molecule has 2 saturated heterocycles. The molecule has 0 radical (unpaired) electrons. The van der Waals surface area contributed by atoms with Crippen molar-refractivity contribution in [1.82, 2.24) is 14.9 Å². The van der Waals surface area contributed by atoms with Crippen LogP contribution < -0.4 is 15.5 Å². The van der Waals surface area contributed by atoms with E-state index in [4.69, 9.17) is 10.5 Å². The van der Waals surface area contributed by atoms with Crippen LogP contribution in [0.1, 0.15) is 0 Å². The van der Waals surface area contributed by atoms with Crippen LogP contribution in [0.3, 0.4) is 0 Å². The Bertz CT molecular complexity index is 583. The molecule has 0 saturated carbocycles. The van der Waals surface area contributed by atoms with E-state index in [9.17, 15) is 10.1 Å². The van der Waals surface area contributed by atoms with Gasteiger partial charge in [-0.05, 0) is 7.05 Å². The highest BCUT2D eigenvalue weighted by atomic mass is 16.6. The number of hydrogen-bond acceptors (Lipinski definition) is 9. The summed E-state index contributed by atoms with van der Waals surface area (Å²) in [7, 11) is 2.03. The monoisotopic (exact) mass is 323 g/mol. The van der Waals surface area contributed by atoms with Gasteiger partial charge < -0.3 is 25.2 Å². The lowest BCUT2D eigenvalue weighted by atomic mass is 10.3. The fraction of sp³-hybridized carbons (Fsp3) is 0.692. The average molecular weight is 323 g/mol. The standard InChI is InChI=1S/C13H21N7O3/c1-17-2-4-18(5-3-17)12-10(20(21)22)11(14)15-13(16-12)19-6-8-23-9-7-19/h2-9H2,1H3,(H2,14,15,16). The number of aromatic nitrogens is 2. The number of nitro groups is 1. The number of morpholine rings is 1. The Labute approximate surface area is 134 Å². The number of likely N-dealkylation sites (N-methyl/N-ethyl adjacent to an activating group) is 1. The minimum absolute atomic E-state index is 0.0829. The Balaban J connectivity index is 1.96. The molecule has 10 nitrogen and oxygen atoms in total. The van der Waals surface area contributed by atoms with Crippen LogP contribution >= 0.6 is 0 Å². The van der Waals surface area contributed by atoms with Crippen molar-refractivity contribution in [3.05, 3.63) is 10.1 Å². The lowest BCUT2D eigenvalue weighted by Gasteiger charge is -2.33. The van der Waals surface area contributed by atoms with Crippen molar-refractivity contribution in [1.29, 1.82) is 0 Å². The molecule has 3 rings (SSSR count). The molecule has 2 fully saturated rings. The van der Waals surface area contributed by atoms with Crippen molar-refractivity contribution >= 4 is 23.3 Å². The smallest absolute Gasteiger partial charge is 0.353 e.